The van der Waals surface area contributed by atoms with Crippen molar-refractivity contribution in [1.29, 1.82) is 0 Å². The molecule has 0 fully saturated rings. The molecule has 8 heteroatoms. The minimum Gasteiger partial charge on any atom is -0.468 e. The molecular weight excluding hydrogens is 370 g/mol. The number of nitrogens with zero attached hydrogens (tertiary/aromatic N) is 1. The number of hydrogen-bond donors (Lipinski definition) is 0. The molecule has 0 bridgehead atoms. The van der Waals surface area contributed by atoms with Gasteiger partial charge >= 0.3 is 11.9 Å². The lowest BCUT2D eigenvalue weighted by Gasteiger charge is -2.27. The molecule has 2 aromatic rings. The van der Waals surface area contributed by atoms with Crippen LogP contribution in [0, 0.1) is 13.8 Å². The number of anilines is 1. The summed E-state index contributed by atoms with van der Waals surface area (Å²) in [6, 6.07) is 11.0. The van der Waals surface area contributed by atoms with Crippen LogP contribution in [0.4, 0.5) is 5.69 Å². The first-order chi connectivity index (χ1) is 12.7. The van der Waals surface area contributed by atoms with Crippen molar-refractivity contribution < 1.29 is 27.5 Å². The van der Waals surface area contributed by atoms with E-state index in [0.717, 1.165) is 4.31 Å². The predicted octanol–water partition coefficient (Wildman–Crippen LogP) is 2.46. The highest BCUT2D eigenvalue weighted by atomic mass is 32.2. The molecule has 0 aliphatic heterocycles. The first-order valence-electron chi connectivity index (χ1n) is 8.07. The number of rotatable bonds is 6. The molecule has 27 heavy (non-hydrogen) atoms. The van der Waals surface area contributed by atoms with E-state index in [0.29, 0.717) is 16.8 Å². The molecule has 2 rings (SSSR count). The fourth-order valence-electron chi connectivity index (χ4n) is 2.75. The molecule has 0 unspecified atom stereocenters. The van der Waals surface area contributed by atoms with E-state index in [1.54, 1.807) is 32.0 Å². The van der Waals surface area contributed by atoms with Crippen LogP contribution in [0.2, 0.25) is 0 Å². The smallest absolute Gasteiger partial charge is 0.339 e. The molecule has 0 spiro atoms. The maximum atomic E-state index is 13.4. The van der Waals surface area contributed by atoms with Crippen LogP contribution in [-0.2, 0) is 24.3 Å². The number of sulfonamides is 1. The van der Waals surface area contributed by atoms with Crippen LogP contribution >= 0.6 is 0 Å². The van der Waals surface area contributed by atoms with E-state index < -0.39 is 28.5 Å². The standard InChI is InChI=1S/C19H21NO6S/c1-13-8-7-9-14(2)18(13)20(12-17(21)25-3)27(23,24)16-11-6-5-10-15(16)19(22)26-4/h5-11H,12H2,1-4H3. The Balaban J connectivity index is 2.73. The van der Waals surface area contributed by atoms with Gasteiger partial charge in [-0.05, 0) is 37.1 Å². The monoisotopic (exact) mass is 391 g/mol. The van der Waals surface area contributed by atoms with E-state index in [4.69, 9.17) is 4.74 Å². The summed E-state index contributed by atoms with van der Waals surface area (Å²) < 4.78 is 37.2. The van der Waals surface area contributed by atoms with E-state index >= 15 is 0 Å². The normalized spacial score (nSPS) is 11.0. The van der Waals surface area contributed by atoms with E-state index in [9.17, 15) is 18.0 Å². The SMILES string of the molecule is COC(=O)CN(c1c(C)cccc1C)S(=O)(=O)c1ccccc1C(=O)OC. The fourth-order valence-corrected chi connectivity index (χ4v) is 4.47. The minimum atomic E-state index is -4.26. The first-order valence-corrected chi connectivity index (χ1v) is 9.51. The highest BCUT2D eigenvalue weighted by molar-refractivity contribution is 7.93. The number of benzene rings is 2. The number of para-hydroxylation sites is 1. The lowest BCUT2D eigenvalue weighted by Crippen LogP contribution is -2.38. The molecule has 144 valence electrons. The molecule has 0 atom stereocenters. The molecule has 7 nitrogen and oxygen atoms in total. The van der Waals surface area contributed by atoms with Gasteiger partial charge in [-0.2, -0.15) is 0 Å². The summed E-state index contributed by atoms with van der Waals surface area (Å²) in [5, 5.41) is 0. The molecule has 2 aromatic carbocycles. The van der Waals surface area contributed by atoms with Crippen LogP contribution in [0.15, 0.2) is 47.4 Å². The molecule has 0 aliphatic rings. The van der Waals surface area contributed by atoms with Gasteiger partial charge in [-0.15, -0.1) is 0 Å². The number of ether oxygens (including phenoxy) is 2. The van der Waals surface area contributed by atoms with E-state index in [-0.39, 0.29) is 10.5 Å². The van der Waals surface area contributed by atoms with Gasteiger partial charge in [0.05, 0.1) is 25.5 Å². The molecule has 0 saturated heterocycles. The Morgan fingerprint density at radius 3 is 2.07 bits per heavy atom. The second kappa shape index (κ2) is 8.22. The quantitative estimate of drug-likeness (QED) is 0.703. The summed E-state index contributed by atoms with van der Waals surface area (Å²) in [5.74, 6) is -1.51. The second-order valence-corrected chi connectivity index (χ2v) is 7.65. The number of hydrogen-bond acceptors (Lipinski definition) is 6. The third-order valence-corrected chi connectivity index (χ3v) is 5.85. The minimum absolute atomic E-state index is 0.110. The van der Waals surface area contributed by atoms with Gasteiger partial charge in [-0.1, -0.05) is 30.3 Å². The predicted molar refractivity (Wildman–Crippen MR) is 100 cm³/mol. The van der Waals surface area contributed by atoms with Crippen LogP contribution in [0.25, 0.3) is 0 Å². The Kier molecular flexibility index (Phi) is 6.22. The van der Waals surface area contributed by atoms with Gasteiger partial charge in [-0.25, -0.2) is 13.2 Å². The number of carbonyl (C=O) groups is 2. The second-order valence-electron chi connectivity index (χ2n) is 5.82. The Bertz CT molecular complexity index is 948. The van der Waals surface area contributed by atoms with E-state index in [1.165, 1.54) is 38.5 Å². The molecule has 0 heterocycles. The van der Waals surface area contributed by atoms with Crippen molar-refractivity contribution in [2.75, 3.05) is 25.1 Å². The van der Waals surface area contributed by atoms with Gasteiger partial charge in [0.15, 0.2) is 0 Å². The summed E-state index contributed by atoms with van der Waals surface area (Å²) in [6.07, 6.45) is 0. The van der Waals surface area contributed by atoms with Crippen molar-refractivity contribution in [2.45, 2.75) is 18.7 Å². The highest BCUT2D eigenvalue weighted by Gasteiger charge is 2.32. The zero-order valence-electron chi connectivity index (χ0n) is 15.6. The molecular formula is C19H21NO6S. The summed E-state index contributed by atoms with van der Waals surface area (Å²) in [6.45, 7) is 2.96. The van der Waals surface area contributed by atoms with Crippen molar-refractivity contribution in [3.63, 3.8) is 0 Å². The number of methoxy groups -OCH3 is 2. The molecule has 0 aliphatic carbocycles. The lowest BCUT2D eigenvalue weighted by molar-refractivity contribution is -0.138. The van der Waals surface area contributed by atoms with Crippen LogP contribution in [0.5, 0.6) is 0 Å². The van der Waals surface area contributed by atoms with Crippen LogP contribution in [0.1, 0.15) is 21.5 Å². The maximum Gasteiger partial charge on any atom is 0.339 e. The summed E-state index contributed by atoms with van der Waals surface area (Å²) in [7, 11) is -1.91. The van der Waals surface area contributed by atoms with Crippen molar-refractivity contribution in [2.24, 2.45) is 0 Å². The lowest BCUT2D eigenvalue weighted by atomic mass is 10.1. The van der Waals surface area contributed by atoms with Crippen LogP contribution < -0.4 is 4.31 Å². The van der Waals surface area contributed by atoms with Crippen molar-refractivity contribution in [3.05, 3.63) is 59.2 Å². The van der Waals surface area contributed by atoms with Gasteiger partial charge in [-0.3, -0.25) is 9.10 Å². The zero-order chi connectivity index (χ0) is 20.2. The summed E-state index contributed by atoms with van der Waals surface area (Å²) in [4.78, 5) is 23.8. The zero-order valence-corrected chi connectivity index (χ0v) is 16.4. The Labute approximate surface area is 158 Å². The van der Waals surface area contributed by atoms with Crippen molar-refractivity contribution in [3.8, 4) is 0 Å². The largest absolute Gasteiger partial charge is 0.468 e. The Hall–Kier alpha value is -2.87. The topological polar surface area (TPSA) is 90.0 Å². The molecule has 0 N–H and O–H groups in total. The van der Waals surface area contributed by atoms with Crippen LogP contribution in [-0.4, -0.2) is 41.1 Å². The summed E-state index contributed by atoms with van der Waals surface area (Å²) in [5.41, 5.74) is 1.58. The van der Waals surface area contributed by atoms with Gasteiger partial charge in [0.1, 0.15) is 11.4 Å². The van der Waals surface area contributed by atoms with Gasteiger partial charge in [0.25, 0.3) is 10.0 Å². The number of aryl methyl sites for hydroxylation is 2. The van der Waals surface area contributed by atoms with Gasteiger partial charge < -0.3 is 9.47 Å². The number of carbonyl (C=O) groups excluding carboxylic acids is 2. The van der Waals surface area contributed by atoms with E-state index in [2.05, 4.69) is 4.74 Å². The van der Waals surface area contributed by atoms with Crippen LogP contribution in [0.3, 0.4) is 0 Å². The summed E-state index contributed by atoms with van der Waals surface area (Å²) >= 11 is 0. The highest BCUT2D eigenvalue weighted by Crippen LogP contribution is 2.31. The van der Waals surface area contributed by atoms with Gasteiger partial charge in [0.2, 0.25) is 0 Å². The Morgan fingerprint density at radius 2 is 1.52 bits per heavy atom. The van der Waals surface area contributed by atoms with Crippen molar-refractivity contribution in [1.82, 2.24) is 0 Å². The molecule has 0 aromatic heterocycles. The molecule has 0 amide bonds. The average molecular weight is 391 g/mol. The third-order valence-electron chi connectivity index (χ3n) is 4.05. The molecule has 0 radical (unpaired) electrons. The number of esters is 2. The maximum absolute atomic E-state index is 13.4. The average Bonchev–Trinajstić information content (AvgIpc) is 2.66. The fraction of sp³-hybridized carbons (Fsp3) is 0.263. The third kappa shape index (κ3) is 4.11. The Morgan fingerprint density at radius 1 is 0.926 bits per heavy atom. The van der Waals surface area contributed by atoms with Gasteiger partial charge in [0, 0.05) is 0 Å². The van der Waals surface area contributed by atoms with Crippen molar-refractivity contribution >= 4 is 27.6 Å². The molecule has 0 saturated carbocycles. The first kappa shape index (κ1) is 20.4. The van der Waals surface area contributed by atoms with E-state index in [1.807, 2.05) is 0 Å².